The molecule has 1 amide bonds. The second-order valence-corrected chi connectivity index (χ2v) is 6.05. The Morgan fingerprint density at radius 2 is 2.05 bits per heavy atom. The number of carbonyl (C=O) groups is 1. The van der Waals surface area contributed by atoms with Crippen LogP contribution < -0.4 is 0 Å². The van der Waals surface area contributed by atoms with Gasteiger partial charge in [-0.3, -0.25) is 4.90 Å². The number of nitrogens with zero attached hydrogens (tertiary/aromatic N) is 4. The number of piperidine rings is 1. The Labute approximate surface area is 130 Å². The lowest BCUT2D eigenvalue weighted by molar-refractivity contribution is -0.00283. The third-order valence-electron chi connectivity index (χ3n) is 4.94. The number of carbonyl (C=O) groups excluding carboxylic acids is 1. The number of likely N-dealkylation sites (tertiary alicyclic amines) is 1. The van der Waals surface area contributed by atoms with Crippen molar-refractivity contribution in [2.24, 2.45) is 0 Å². The maximum Gasteiger partial charge on any atom is 0.410 e. The molecule has 22 heavy (non-hydrogen) atoms. The van der Waals surface area contributed by atoms with Crippen molar-refractivity contribution in [2.75, 3.05) is 33.3 Å². The molecule has 2 aliphatic heterocycles. The third kappa shape index (κ3) is 2.17. The molecule has 0 radical (unpaired) electrons. The molecule has 6 nitrogen and oxygen atoms in total. The van der Waals surface area contributed by atoms with E-state index < -0.39 is 0 Å². The maximum absolute atomic E-state index is 12.5. The molecule has 6 heteroatoms. The number of aromatic nitrogens is 1. The highest BCUT2D eigenvalue weighted by atomic mass is 16.6. The summed E-state index contributed by atoms with van der Waals surface area (Å²) >= 11 is 0. The van der Waals surface area contributed by atoms with Crippen molar-refractivity contribution in [1.29, 1.82) is 5.26 Å². The van der Waals surface area contributed by atoms with Gasteiger partial charge in [0, 0.05) is 31.9 Å². The van der Waals surface area contributed by atoms with Crippen molar-refractivity contribution in [3.63, 3.8) is 0 Å². The van der Waals surface area contributed by atoms with E-state index in [1.807, 2.05) is 24.0 Å². The van der Waals surface area contributed by atoms with E-state index in [0.29, 0.717) is 25.4 Å². The largest absolute Gasteiger partial charge is 0.450 e. The molecule has 118 valence electrons. The topological polar surface area (TPSA) is 61.5 Å². The summed E-state index contributed by atoms with van der Waals surface area (Å²) in [4.78, 5) is 16.6. The molecule has 1 saturated heterocycles. The first-order chi connectivity index (χ1) is 10.6. The van der Waals surface area contributed by atoms with Crippen LogP contribution in [0, 0.1) is 11.3 Å². The van der Waals surface area contributed by atoms with Crippen molar-refractivity contribution in [1.82, 2.24) is 14.4 Å². The number of fused-ring (bicyclic) bond motifs is 2. The fourth-order valence-corrected chi connectivity index (χ4v) is 3.75. The molecule has 3 rings (SSSR count). The van der Waals surface area contributed by atoms with Gasteiger partial charge in [0.2, 0.25) is 0 Å². The number of ether oxygens (including phenoxy) is 1. The highest BCUT2D eigenvalue weighted by Crippen LogP contribution is 2.42. The van der Waals surface area contributed by atoms with E-state index in [1.54, 1.807) is 0 Å². The van der Waals surface area contributed by atoms with E-state index in [9.17, 15) is 10.1 Å². The number of amides is 1. The number of rotatable bonds is 1. The molecule has 0 aromatic carbocycles. The second kappa shape index (κ2) is 5.65. The van der Waals surface area contributed by atoms with Crippen LogP contribution in [-0.4, -0.2) is 53.7 Å². The number of hydrogen-bond donors (Lipinski definition) is 0. The summed E-state index contributed by atoms with van der Waals surface area (Å²) in [5.41, 5.74) is 1.42. The van der Waals surface area contributed by atoms with Gasteiger partial charge in [-0.25, -0.2) is 4.79 Å². The van der Waals surface area contributed by atoms with Crippen LogP contribution in [0.4, 0.5) is 4.79 Å². The minimum absolute atomic E-state index is 0.238. The van der Waals surface area contributed by atoms with Gasteiger partial charge in [-0.05, 0) is 38.9 Å². The summed E-state index contributed by atoms with van der Waals surface area (Å²) in [6.45, 7) is 5.34. The summed E-state index contributed by atoms with van der Waals surface area (Å²) in [5.74, 6) is 0. The average molecular weight is 302 g/mol. The first-order valence-electron chi connectivity index (χ1n) is 7.85. The van der Waals surface area contributed by atoms with Gasteiger partial charge in [-0.2, -0.15) is 5.26 Å². The molecule has 1 spiro atoms. The molecule has 2 aliphatic rings. The van der Waals surface area contributed by atoms with Crippen LogP contribution in [0.3, 0.4) is 0 Å². The van der Waals surface area contributed by atoms with Crippen LogP contribution in [0.25, 0.3) is 0 Å². The highest BCUT2D eigenvalue weighted by molar-refractivity contribution is 5.69. The summed E-state index contributed by atoms with van der Waals surface area (Å²) in [6, 6.07) is 6.13. The lowest BCUT2D eigenvalue weighted by atomic mass is 9.81. The van der Waals surface area contributed by atoms with Gasteiger partial charge >= 0.3 is 6.09 Å². The van der Waals surface area contributed by atoms with E-state index in [4.69, 9.17) is 4.74 Å². The van der Waals surface area contributed by atoms with Crippen molar-refractivity contribution < 1.29 is 9.53 Å². The highest BCUT2D eigenvalue weighted by Gasteiger charge is 2.48. The lowest BCUT2D eigenvalue weighted by Crippen LogP contribution is -2.59. The van der Waals surface area contributed by atoms with Gasteiger partial charge in [-0.1, -0.05) is 0 Å². The maximum atomic E-state index is 12.5. The molecule has 1 aromatic rings. The van der Waals surface area contributed by atoms with Gasteiger partial charge in [0.05, 0.1) is 12.1 Å². The number of hydrogen-bond acceptors (Lipinski definition) is 4. The molecular weight excluding hydrogens is 280 g/mol. The van der Waals surface area contributed by atoms with E-state index >= 15 is 0 Å². The SMILES string of the molecule is CCOC(=O)N1CCn2c(C#N)ccc2C12CCN(C)CC2. The van der Waals surface area contributed by atoms with Crippen molar-refractivity contribution in [3.05, 3.63) is 23.5 Å². The predicted octanol–water partition coefficient (Wildman–Crippen LogP) is 1.75. The quantitative estimate of drug-likeness (QED) is 0.793. The van der Waals surface area contributed by atoms with Crippen molar-refractivity contribution >= 4 is 6.09 Å². The molecule has 0 aliphatic carbocycles. The van der Waals surface area contributed by atoms with Crippen molar-refractivity contribution in [2.45, 2.75) is 31.8 Å². The monoisotopic (exact) mass is 302 g/mol. The first-order valence-corrected chi connectivity index (χ1v) is 7.85. The standard InChI is InChI=1S/C16H22N4O2/c1-3-22-15(21)20-11-10-19-13(12-17)4-5-14(19)16(20)6-8-18(2)9-7-16/h4-5H,3,6-11H2,1-2H3. The number of nitriles is 1. The fourth-order valence-electron chi connectivity index (χ4n) is 3.75. The minimum Gasteiger partial charge on any atom is -0.450 e. The second-order valence-electron chi connectivity index (χ2n) is 6.05. The third-order valence-corrected chi connectivity index (χ3v) is 4.94. The van der Waals surface area contributed by atoms with Gasteiger partial charge < -0.3 is 14.2 Å². The molecule has 0 N–H and O–H groups in total. The molecular formula is C16H22N4O2. The zero-order valence-electron chi connectivity index (χ0n) is 13.2. The summed E-state index contributed by atoms with van der Waals surface area (Å²) < 4.78 is 7.35. The minimum atomic E-state index is -0.341. The summed E-state index contributed by atoms with van der Waals surface area (Å²) in [5, 5.41) is 9.29. The van der Waals surface area contributed by atoms with Crippen LogP contribution in [0.15, 0.2) is 12.1 Å². The van der Waals surface area contributed by atoms with Gasteiger partial charge in [0.1, 0.15) is 11.8 Å². The fraction of sp³-hybridized carbons (Fsp3) is 0.625. The van der Waals surface area contributed by atoms with Crippen LogP contribution in [0.5, 0.6) is 0 Å². The average Bonchev–Trinajstić information content (AvgIpc) is 2.95. The Morgan fingerprint density at radius 3 is 2.68 bits per heavy atom. The Balaban J connectivity index is 2.03. The summed E-state index contributed by atoms with van der Waals surface area (Å²) in [7, 11) is 2.10. The normalized spacial score (nSPS) is 20.5. The van der Waals surface area contributed by atoms with Crippen molar-refractivity contribution in [3.8, 4) is 6.07 Å². The van der Waals surface area contributed by atoms with Crippen LogP contribution in [-0.2, 0) is 16.8 Å². The van der Waals surface area contributed by atoms with E-state index in [-0.39, 0.29) is 11.6 Å². The first kappa shape index (κ1) is 14.9. The molecule has 1 fully saturated rings. The van der Waals surface area contributed by atoms with Gasteiger partial charge in [0.25, 0.3) is 0 Å². The Bertz CT molecular complexity index is 608. The molecule has 0 bridgehead atoms. The van der Waals surface area contributed by atoms with Gasteiger partial charge in [-0.15, -0.1) is 0 Å². The molecule has 0 atom stereocenters. The Morgan fingerprint density at radius 1 is 1.32 bits per heavy atom. The van der Waals surface area contributed by atoms with Gasteiger partial charge in [0.15, 0.2) is 0 Å². The van der Waals surface area contributed by atoms with E-state index in [2.05, 4.69) is 22.6 Å². The van der Waals surface area contributed by atoms with E-state index in [1.165, 1.54) is 0 Å². The predicted molar refractivity (Wildman–Crippen MR) is 81.3 cm³/mol. The zero-order chi connectivity index (χ0) is 15.7. The Kier molecular flexibility index (Phi) is 3.83. The van der Waals surface area contributed by atoms with Crippen LogP contribution in [0.1, 0.15) is 31.2 Å². The Hall–Kier alpha value is -2.00. The zero-order valence-corrected chi connectivity index (χ0v) is 13.2. The molecule has 0 saturated carbocycles. The lowest BCUT2D eigenvalue weighted by Gasteiger charge is -2.50. The molecule has 1 aromatic heterocycles. The smallest absolute Gasteiger partial charge is 0.410 e. The van der Waals surface area contributed by atoms with Crippen LogP contribution in [0.2, 0.25) is 0 Å². The molecule has 0 unspecified atom stereocenters. The van der Waals surface area contributed by atoms with E-state index in [0.717, 1.165) is 31.6 Å². The molecule has 3 heterocycles. The summed E-state index contributed by atoms with van der Waals surface area (Å²) in [6.07, 6.45) is 1.51. The van der Waals surface area contributed by atoms with Crippen LogP contribution >= 0.6 is 0 Å².